The molecule has 1 atom stereocenters. The molecule has 1 fully saturated rings. The number of aromatic nitrogens is 1. The van der Waals surface area contributed by atoms with Gasteiger partial charge in [0, 0.05) is 17.9 Å². The predicted molar refractivity (Wildman–Crippen MR) is 142 cm³/mol. The number of urea groups is 1. The van der Waals surface area contributed by atoms with E-state index in [0.717, 1.165) is 47.6 Å². The molecule has 1 saturated carbocycles. The second kappa shape index (κ2) is 9.65. The second-order valence-electron chi connectivity index (χ2n) is 9.73. The van der Waals surface area contributed by atoms with Gasteiger partial charge in [-0.1, -0.05) is 42.5 Å². The molecule has 3 amide bonds. The molecule has 0 bridgehead atoms. The number of carbonyl (C=O) groups excluding carboxylic acids is 2. The first-order valence-electron chi connectivity index (χ1n) is 12.7. The van der Waals surface area contributed by atoms with Gasteiger partial charge < -0.3 is 14.8 Å². The minimum atomic E-state index is -4.46. The van der Waals surface area contributed by atoms with E-state index < -0.39 is 23.8 Å². The Kier molecular flexibility index (Phi) is 6.13. The summed E-state index contributed by atoms with van der Waals surface area (Å²) in [4.78, 5) is 30.6. The zero-order chi connectivity index (χ0) is 27.1. The van der Waals surface area contributed by atoms with Crippen LogP contribution in [-0.4, -0.2) is 34.0 Å². The van der Waals surface area contributed by atoms with Crippen molar-refractivity contribution in [3.63, 3.8) is 0 Å². The highest BCUT2D eigenvalue weighted by Crippen LogP contribution is 2.42. The highest BCUT2D eigenvalue weighted by atomic mass is 19.4. The van der Waals surface area contributed by atoms with Gasteiger partial charge in [-0.2, -0.15) is 13.2 Å². The van der Waals surface area contributed by atoms with Gasteiger partial charge in [0.2, 0.25) is 5.91 Å². The molecule has 0 saturated heterocycles. The lowest BCUT2D eigenvalue weighted by Crippen LogP contribution is -2.48. The number of hydrogen-bond donors (Lipinski definition) is 1. The minimum Gasteiger partial charge on any atom is -0.316 e. The van der Waals surface area contributed by atoms with Crippen molar-refractivity contribution in [2.75, 3.05) is 16.8 Å². The van der Waals surface area contributed by atoms with E-state index >= 15 is 0 Å². The quantitative estimate of drug-likeness (QED) is 0.315. The highest BCUT2D eigenvalue weighted by molar-refractivity contribution is 6.01. The first-order valence-corrected chi connectivity index (χ1v) is 12.7. The van der Waals surface area contributed by atoms with Crippen LogP contribution in [0, 0.1) is 0 Å². The van der Waals surface area contributed by atoms with Crippen LogP contribution in [0.1, 0.15) is 35.7 Å². The number of anilines is 2. The number of carbonyl (C=O) groups is 2. The van der Waals surface area contributed by atoms with Gasteiger partial charge in [0.05, 0.1) is 22.6 Å². The Morgan fingerprint density at radius 1 is 0.846 bits per heavy atom. The molecule has 9 heteroatoms. The van der Waals surface area contributed by atoms with Gasteiger partial charge in [-0.3, -0.25) is 9.69 Å². The summed E-state index contributed by atoms with van der Waals surface area (Å²) < 4.78 is 40.9. The maximum absolute atomic E-state index is 14.1. The van der Waals surface area contributed by atoms with Crippen LogP contribution in [0.5, 0.6) is 0 Å². The molecule has 1 aromatic heterocycles. The fourth-order valence-electron chi connectivity index (χ4n) is 5.13. The molecule has 198 valence electrons. The van der Waals surface area contributed by atoms with Gasteiger partial charge in [-0.15, -0.1) is 0 Å². The van der Waals surface area contributed by atoms with Crippen LogP contribution in [-0.2, 0) is 11.0 Å². The van der Waals surface area contributed by atoms with Crippen molar-refractivity contribution in [3.8, 4) is 5.69 Å². The Labute approximate surface area is 223 Å². The topological polar surface area (TPSA) is 57.6 Å². The molecule has 3 aromatic carbocycles. The van der Waals surface area contributed by atoms with Crippen LogP contribution in [0.3, 0.4) is 0 Å². The fraction of sp³-hybridized carbons (Fsp3) is 0.200. The van der Waals surface area contributed by atoms with E-state index in [9.17, 15) is 22.8 Å². The Balaban J connectivity index is 1.30. The number of rotatable bonds is 5. The molecular formula is C30H25F3N4O2. The molecule has 1 N–H and O–H groups in total. The van der Waals surface area contributed by atoms with E-state index in [4.69, 9.17) is 0 Å². The van der Waals surface area contributed by atoms with Gasteiger partial charge in [0.15, 0.2) is 0 Å². The summed E-state index contributed by atoms with van der Waals surface area (Å²) in [6, 6.07) is 24.6. The van der Waals surface area contributed by atoms with Crippen molar-refractivity contribution >= 4 is 23.3 Å². The molecular weight excluding hydrogens is 505 g/mol. The number of nitrogens with one attached hydrogen (secondary N) is 1. The predicted octanol–water partition coefficient (Wildman–Crippen LogP) is 6.63. The lowest BCUT2D eigenvalue weighted by molar-refractivity contribution is -0.137. The average Bonchev–Trinajstić information content (AvgIpc) is 3.66. The number of benzene rings is 3. The maximum atomic E-state index is 14.1. The van der Waals surface area contributed by atoms with E-state index in [1.54, 1.807) is 4.90 Å². The molecule has 1 unspecified atom stereocenters. The van der Waals surface area contributed by atoms with Crippen molar-refractivity contribution < 1.29 is 22.8 Å². The van der Waals surface area contributed by atoms with E-state index in [1.165, 1.54) is 17.0 Å². The van der Waals surface area contributed by atoms with Crippen LogP contribution in [0.2, 0.25) is 0 Å². The van der Waals surface area contributed by atoms with Crippen LogP contribution >= 0.6 is 0 Å². The van der Waals surface area contributed by atoms with Gasteiger partial charge in [0.1, 0.15) is 12.6 Å². The van der Waals surface area contributed by atoms with E-state index in [2.05, 4.69) is 9.88 Å². The second-order valence-corrected chi connectivity index (χ2v) is 9.73. The van der Waals surface area contributed by atoms with Crippen LogP contribution in [0.4, 0.5) is 29.3 Å². The van der Waals surface area contributed by atoms with Crippen molar-refractivity contribution in [1.29, 1.82) is 0 Å². The number of fused-ring (bicyclic) bond motifs is 3. The summed E-state index contributed by atoms with van der Waals surface area (Å²) in [5, 5.41) is 2.67. The molecule has 6 rings (SSSR count). The van der Waals surface area contributed by atoms with Crippen LogP contribution in [0.15, 0.2) is 97.2 Å². The maximum Gasteiger partial charge on any atom is 0.416 e. The van der Waals surface area contributed by atoms with E-state index in [1.807, 2.05) is 72.9 Å². The first-order chi connectivity index (χ1) is 18.8. The Bertz CT molecular complexity index is 1510. The van der Waals surface area contributed by atoms with E-state index in [0.29, 0.717) is 0 Å². The first kappa shape index (κ1) is 24.8. The number of nitrogens with zero attached hydrogens (tertiary/aromatic N) is 3. The molecule has 6 nitrogen and oxygen atoms in total. The number of hydrogen-bond acceptors (Lipinski definition) is 2. The summed E-state index contributed by atoms with van der Waals surface area (Å²) in [5.74, 6) is -0.252. The third-order valence-electron chi connectivity index (χ3n) is 7.12. The molecule has 39 heavy (non-hydrogen) atoms. The monoisotopic (exact) mass is 530 g/mol. The Morgan fingerprint density at radius 3 is 2.18 bits per heavy atom. The molecule has 0 spiro atoms. The SMILES string of the molecule is O=C(Nc1ccc(C(F)(F)F)cc1)N(CC(=O)N1c2ccccc2-n2cccc2C1c1ccccc1)C1CC1. The van der Waals surface area contributed by atoms with Crippen molar-refractivity contribution in [2.45, 2.75) is 31.1 Å². The normalized spacial score (nSPS) is 16.3. The zero-order valence-electron chi connectivity index (χ0n) is 20.8. The van der Waals surface area contributed by atoms with E-state index in [-0.39, 0.29) is 24.2 Å². The summed E-state index contributed by atoms with van der Waals surface area (Å²) in [6.45, 7) is -0.171. The number of halogens is 3. The zero-order valence-corrected chi connectivity index (χ0v) is 20.8. The fourth-order valence-corrected chi connectivity index (χ4v) is 5.13. The van der Waals surface area contributed by atoms with Gasteiger partial charge in [-0.05, 0) is 66.9 Å². The van der Waals surface area contributed by atoms with Crippen molar-refractivity contribution in [3.05, 3.63) is 114 Å². The summed E-state index contributed by atoms with van der Waals surface area (Å²) in [5.41, 5.74) is 2.90. The van der Waals surface area contributed by atoms with Crippen molar-refractivity contribution in [2.24, 2.45) is 0 Å². The summed E-state index contributed by atoms with van der Waals surface area (Å²) in [6.07, 6.45) is -0.973. The smallest absolute Gasteiger partial charge is 0.316 e. The summed E-state index contributed by atoms with van der Waals surface area (Å²) >= 11 is 0. The molecule has 1 aliphatic carbocycles. The average molecular weight is 531 g/mol. The van der Waals surface area contributed by atoms with Gasteiger partial charge >= 0.3 is 12.2 Å². The molecule has 0 radical (unpaired) electrons. The molecule has 2 aliphatic rings. The number of para-hydroxylation sites is 2. The lowest BCUT2D eigenvalue weighted by Gasteiger charge is -2.39. The third kappa shape index (κ3) is 4.76. The van der Waals surface area contributed by atoms with Crippen LogP contribution in [0.25, 0.3) is 5.69 Å². The largest absolute Gasteiger partial charge is 0.416 e. The number of amides is 3. The van der Waals surface area contributed by atoms with Crippen LogP contribution < -0.4 is 10.2 Å². The molecule has 4 aromatic rings. The van der Waals surface area contributed by atoms with Crippen molar-refractivity contribution in [1.82, 2.24) is 9.47 Å². The van der Waals surface area contributed by atoms with Gasteiger partial charge in [-0.25, -0.2) is 4.79 Å². The number of alkyl halides is 3. The highest BCUT2D eigenvalue weighted by Gasteiger charge is 2.40. The minimum absolute atomic E-state index is 0.109. The van der Waals surface area contributed by atoms with Gasteiger partial charge in [0.25, 0.3) is 0 Å². The summed E-state index contributed by atoms with van der Waals surface area (Å²) in [7, 11) is 0. The standard InChI is InChI=1S/C30H25F3N4O2/c31-30(32,33)21-12-14-22(15-13-21)34-29(39)36(23-16-17-23)19-27(38)37-25-10-5-4-9-24(25)35-18-6-11-26(35)28(37)20-7-2-1-3-8-20/h1-15,18,23,28H,16-17,19H2,(H,34,39). The third-order valence-corrected chi connectivity index (χ3v) is 7.12. The lowest BCUT2D eigenvalue weighted by atomic mass is 9.97. The Hall–Kier alpha value is -4.53. The molecule has 1 aliphatic heterocycles. The molecule has 2 heterocycles. The Morgan fingerprint density at radius 2 is 1.51 bits per heavy atom.